The highest BCUT2D eigenvalue weighted by molar-refractivity contribution is 5.69. The molecule has 7 rings (SSSR count). The molecule has 0 bridgehead atoms. The fourth-order valence-corrected chi connectivity index (χ4v) is 5.66. The normalized spacial score (nSPS) is 19.7. The molecule has 43 heavy (non-hydrogen) atoms. The predicted molar refractivity (Wildman–Crippen MR) is 158 cm³/mol. The first-order valence-corrected chi connectivity index (χ1v) is 14.3. The van der Waals surface area contributed by atoms with E-state index in [-0.39, 0.29) is 12.1 Å². The summed E-state index contributed by atoms with van der Waals surface area (Å²) in [6.07, 6.45) is 9.85. The molecule has 1 amide bonds. The van der Waals surface area contributed by atoms with E-state index in [2.05, 4.69) is 71.5 Å². The lowest BCUT2D eigenvalue weighted by Gasteiger charge is -2.38. The molecule has 220 valence electrons. The van der Waals surface area contributed by atoms with E-state index in [0.29, 0.717) is 49.2 Å². The van der Waals surface area contributed by atoms with Crippen molar-refractivity contribution in [2.75, 3.05) is 51.3 Å². The van der Waals surface area contributed by atoms with Gasteiger partial charge in [0.1, 0.15) is 0 Å². The minimum Gasteiger partial charge on any atom is -0.373 e. The Bertz CT molecular complexity index is 1720. The number of nitrogens with zero attached hydrogens (tertiary/aromatic N) is 12. The van der Waals surface area contributed by atoms with Crippen molar-refractivity contribution in [3.8, 4) is 22.4 Å². The smallest absolute Gasteiger partial charge is 0.225 e. The molecule has 4 aromatic heterocycles. The van der Waals surface area contributed by atoms with E-state index in [1.807, 2.05) is 30.5 Å². The summed E-state index contributed by atoms with van der Waals surface area (Å²) in [5.41, 5.74) is 5.76. The Labute approximate surface area is 247 Å². The molecule has 14 heteroatoms. The van der Waals surface area contributed by atoms with Crippen molar-refractivity contribution in [3.05, 3.63) is 60.8 Å². The molecule has 14 nitrogen and oxygen atoms in total. The first kappa shape index (κ1) is 27.0. The van der Waals surface area contributed by atoms with E-state index >= 15 is 0 Å². The van der Waals surface area contributed by atoms with Gasteiger partial charge in [0.05, 0.1) is 43.4 Å². The molecule has 5 aromatic rings. The molecular formula is C29H32N12O2. The first-order valence-electron chi connectivity index (χ1n) is 14.3. The molecule has 0 saturated carbocycles. The number of rotatable bonds is 7. The summed E-state index contributed by atoms with van der Waals surface area (Å²) in [5.74, 6) is 0.655. The number of carbonyl (C=O) groups is 1. The van der Waals surface area contributed by atoms with Crippen LogP contribution in [0, 0.1) is 0 Å². The van der Waals surface area contributed by atoms with Crippen LogP contribution >= 0.6 is 0 Å². The highest BCUT2D eigenvalue weighted by Crippen LogP contribution is 2.27. The Morgan fingerprint density at radius 1 is 0.930 bits per heavy atom. The summed E-state index contributed by atoms with van der Waals surface area (Å²) in [6.45, 7) is 4.77. The number of hydrogen-bond acceptors (Lipinski definition) is 11. The number of morpholine rings is 1. The van der Waals surface area contributed by atoms with Gasteiger partial charge in [-0.2, -0.15) is 5.10 Å². The second-order valence-corrected chi connectivity index (χ2v) is 11.0. The number of anilines is 1. The van der Waals surface area contributed by atoms with Gasteiger partial charge in [-0.15, -0.1) is 5.10 Å². The van der Waals surface area contributed by atoms with Crippen LogP contribution in [0.25, 0.3) is 33.7 Å². The molecule has 2 atom stereocenters. The average molecular weight is 581 g/mol. The molecule has 2 fully saturated rings. The zero-order valence-corrected chi connectivity index (χ0v) is 24.1. The number of hydrogen-bond donors (Lipinski definition) is 0. The summed E-state index contributed by atoms with van der Waals surface area (Å²) >= 11 is 0. The van der Waals surface area contributed by atoms with E-state index in [1.54, 1.807) is 21.8 Å². The Morgan fingerprint density at radius 3 is 2.53 bits per heavy atom. The molecule has 0 spiro atoms. The van der Waals surface area contributed by atoms with E-state index in [0.717, 1.165) is 48.3 Å². The average Bonchev–Trinajstić information content (AvgIpc) is 3.67. The molecule has 1 unspecified atom stereocenters. The van der Waals surface area contributed by atoms with Gasteiger partial charge >= 0.3 is 0 Å². The minimum atomic E-state index is -0.150. The predicted octanol–water partition coefficient (Wildman–Crippen LogP) is 1.43. The monoisotopic (exact) mass is 580 g/mol. The van der Waals surface area contributed by atoms with Gasteiger partial charge in [-0.25, -0.2) is 24.6 Å². The van der Waals surface area contributed by atoms with Gasteiger partial charge in [0.2, 0.25) is 18.0 Å². The van der Waals surface area contributed by atoms with Gasteiger partial charge in [0.25, 0.3) is 0 Å². The second kappa shape index (κ2) is 11.5. The Balaban J connectivity index is 1.02. The van der Waals surface area contributed by atoms with Gasteiger partial charge in [-0.3, -0.25) is 9.48 Å². The number of amides is 1. The molecule has 6 heterocycles. The van der Waals surface area contributed by atoms with E-state index < -0.39 is 0 Å². The van der Waals surface area contributed by atoms with E-state index in [4.69, 9.17) is 9.72 Å². The lowest BCUT2D eigenvalue weighted by atomic mass is 10.00. The second-order valence-electron chi connectivity index (χ2n) is 11.0. The largest absolute Gasteiger partial charge is 0.373 e. The number of aryl methyl sites for hydroxylation is 1. The maximum atomic E-state index is 11.6. The van der Waals surface area contributed by atoms with Gasteiger partial charge in [-0.1, -0.05) is 29.5 Å². The standard InChI is InChI=1S/C29H32N12O2/c1-37-7-8-40(19-42)26(18-37)21-5-3-20(4-6-21)22-11-31-29(32-12-22)39-9-10-43-24(16-39)17-41-28-27(35-36-41)30-14-25(34-28)23-13-33-38(2)15-23/h3-6,11-15,19,24,26H,7-10,16-18H2,1-2H3/t24-,26?/m0/s1. The fourth-order valence-electron chi connectivity index (χ4n) is 5.66. The number of ether oxygens (including phenoxy) is 1. The molecule has 0 aliphatic carbocycles. The number of aromatic nitrogens is 9. The fraction of sp³-hybridized carbons (Fsp3) is 0.379. The highest BCUT2D eigenvalue weighted by atomic mass is 16.5. The molecule has 2 aliphatic heterocycles. The van der Waals surface area contributed by atoms with Crippen LogP contribution in [0.15, 0.2) is 55.2 Å². The van der Waals surface area contributed by atoms with Crippen molar-refractivity contribution >= 4 is 23.7 Å². The number of benzene rings is 1. The zero-order chi connectivity index (χ0) is 29.3. The van der Waals surface area contributed by atoms with Gasteiger partial charge in [0, 0.05) is 69.5 Å². The molecule has 0 radical (unpaired) electrons. The van der Waals surface area contributed by atoms with Crippen LogP contribution in [-0.4, -0.2) is 113 Å². The topological polar surface area (TPSA) is 136 Å². The summed E-state index contributed by atoms with van der Waals surface area (Å²) in [6, 6.07) is 8.38. The number of fused-ring (bicyclic) bond motifs is 1. The molecular weight excluding hydrogens is 548 g/mol. The molecule has 2 aliphatic rings. The van der Waals surface area contributed by atoms with Crippen molar-refractivity contribution in [1.82, 2.24) is 54.5 Å². The van der Waals surface area contributed by atoms with Gasteiger partial charge < -0.3 is 19.4 Å². The molecule has 1 aromatic carbocycles. The maximum absolute atomic E-state index is 11.6. The summed E-state index contributed by atoms with van der Waals surface area (Å²) in [7, 11) is 3.95. The SMILES string of the molecule is CN1CCN(C=O)C(c2ccc(-c3cnc(N4CCO[C@H](Cn5nnc6ncc(-c7cnn(C)c7)nc65)C4)nc3)cc2)C1. The van der Waals surface area contributed by atoms with Crippen LogP contribution in [-0.2, 0) is 23.1 Å². The zero-order valence-electron chi connectivity index (χ0n) is 24.1. The van der Waals surface area contributed by atoms with E-state index in [1.165, 1.54) is 0 Å². The highest BCUT2D eigenvalue weighted by Gasteiger charge is 2.26. The lowest BCUT2D eigenvalue weighted by Crippen LogP contribution is -2.46. The van der Waals surface area contributed by atoms with E-state index in [9.17, 15) is 4.79 Å². The lowest BCUT2D eigenvalue weighted by molar-refractivity contribution is -0.122. The van der Waals surface area contributed by atoms with Crippen molar-refractivity contribution in [1.29, 1.82) is 0 Å². The van der Waals surface area contributed by atoms with Gasteiger partial charge in [-0.05, 0) is 18.2 Å². The van der Waals surface area contributed by atoms with Gasteiger partial charge in [0.15, 0.2) is 5.65 Å². The third-order valence-electron chi connectivity index (χ3n) is 8.05. The third kappa shape index (κ3) is 5.53. The molecule has 0 N–H and O–H groups in total. The summed E-state index contributed by atoms with van der Waals surface area (Å²) in [4.78, 5) is 36.4. The van der Waals surface area contributed by atoms with Crippen LogP contribution in [0.1, 0.15) is 11.6 Å². The van der Waals surface area contributed by atoms with Crippen molar-refractivity contribution in [2.45, 2.75) is 18.7 Å². The summed E-state index contributed by atoms with van der Waals surface area (Å²) in [5, 5.41) is 12.7. The quantitative estimate of drug-likeness (QED) is 0.259. The van der Waals surface area contributed by atoms with Crippen molar-refractivity contribution in [2.24, 2.45) is 7.05 Å². The summed E-state index contributed by atoms with van der Waals surface area (Å²) < 4.78 is 9.54. The van der Waals surface area contributed by atoms with Crippen LogP contribution in [0.5, 0.6) is 0 Å². The van der Waals surface area contributed by atoms with Crippen LogP contribution in [0.3, 0.4) is 0 Å². The van der Waals surface area contributed by atoms with Crippen LogP contribution in [0.4, 0.5) is 5.95 Å². The number of piperazine rings is 1. The maximum Gasteiger partial charge on any atom is 0.225 e. The van der Waals surface area contributed by atoms with Crippen molar-refractivity contribution < 1.29 is 9.53 Å². The van der Waals surface area contributed by atoms with Crippen LogP contribution in [0.2, 0.25) is 0 Å². The van der Waals surface area contributed by atoms with Crippen LogP contribution < -0.4 is 4.90 Å². The third-order valence-corrected chi connectivity index (χ3v) is 8.05. The number of likely N-dealkylation sites (N-methyl/N-ethyl adjacent to an activating group) is 1. The minimum absolute atomic E-state index is 0.0592. The Hall–Kier alpha value is -4.82. The van der Waals surface area contributed by atoms with Crippen molar-refractivity contribution in [3.63, 3.8) is 0 Å². The Morgan fingerprint density at radius 2 is 1.77 bits per heavy atom. The number of carbonyl (C=O) groups excluding carboxylic acids is 1. The first-order chi connectivity index (χ1) is 21.0. The Kier molecular flexibility index (Phi) is 7.20. The molecule has 2 saturated heterocycles.